The highest BCUT2D eigenvalue weighted by molar-refractivity contribution is 5.73. The molecule has 0 spiro atoms. The Morgan fingerprint density at radius 1 is 1.24 bits per heavy atom. The third kappa shape index (κ3) is 5.27. The summed E-state index contributed by atoms with van der Waals surface area (Å²) in [6.07, 6.45) is 0.0696. The molecule has 0 fully saturated rings. The van der Waals surface area contributed by atoms with Crippen molar-refractivity contribution in [2.24, 2.45) is 5.92 Å². The average Bonchev–Trinajstić information content (AvgIpc) is 2.38. The zero-order chi connectivity index (χ0) is 16.0. The van der Waals surface area contributed by atoms with Crippen molar-refractivity contribution in [1.82, 2.24) is 5.32 Å². The number of hydrogen-bond acceptors (Lipinski definition) is 4. The molecule has 2 N–H and O–H groups in total. The number of carboxylic acids is 1. The Balaban J connectivity index is 2.78. The molecule has 0 aromatic heterocycles. The molecule has 118 valence electrons. The van der Waals surface area contributed by atoms with Gasteiger partial charge in [-0.15, -0.1) is 0 Å². The number of methoxy groups -OCH3 is 1. The van der Waals surface area contributed by atoms with Gasteiger partial charge in [0.25, 0.3) is 0 Å². The second-order valence-electron chi connectivity index (χ2n) is 5.59. The van der Waals surface area contributed by atoms with Crippen molar-refractivity contribution in [2.75, 3.05) is 7.11 Å². The Bertz CT molecular complexity index is 471. The van der Waals surface area contributed by atoms with E-state index < -0.39 is 12.0 Å². The fourth-order valence-electron chi connectivity index (χ4n) is 2.01. The van der Waals surface area contributed by atoms with Gasteiger partial charge < -0.3 is 19.9 Å². The lowest BCUT2D eigenvalue weighted by atomic mass is 10.0. The molecular weight excluding hydrogens is 270 g/mol. The summed E-state index contributed by atoms with van der Waals surface area (Å²) in [7, 11) is 1.59. The lowest BCUT2D eigenvalue weighted by molar-refractivity contribution is -0.140. The van der Waals surface area contributed by atoms with E-state index in [0.29, 0.717) is 18.0 Å². The average molecular weight is 295 g/mol. The summed E-state index contributed by atoms with van der Waals surface area (Å²) >= 11 is 0. The zero-order valence-corrected chi connectivity index (χ0v) is 13.3. The van der Waals surface area contributed by atoms with Crippen molar-refractivity contribution in [3.8, 4) is 11.5 Å². The summed E-state index contributed by atoms with van der Waals surface area (Å²) in [5.41, 5.74) is 0.954. The lowest BCUT2D eigenvalue weighted by Gasteiger charge is -2.19. The number of rotatable bonds is 8. The first-order chi connectivity index (χ1) is 9.85. The Morgan fingerprint density at radius 2 is 1.90 bits per heavy atom. The zero-order valence-electron chi connectivity index (χ0n) is 13.3. The van der Waals surface area contributed by atoms with E-state index in [1.807, 2.05) is 45.9 Å². The maximum atomic E-state index is 11.2. The van der Waals surface area contributed by atoms with Crippen LogP contribution in [0.1, 0.15) is 33.3 Å². The van der Waals surface area contributed by atoms with E-state index in [-0.39, 0.29) is 12.0 Å². The van der Waals surface area contributed by atoms with Crippen molar-refractivity contribution >= 4 is 5.97 Å². The van der Waals surface area contributed by atoms with E-state index in [2.05, 4.69) is 5.32 Å². The molecular formula is C16H25NO4. The maximum Gasteiger partial charge on any atom is 0.320 e. The molecule has 21 heavy (non-hydrogen) atoms. The molecule has 1 atom stereocenters. The predicted octanol–water partition coefficient (Wildman–Crippen LogP) is 2.68. The van der Waals surface area contributed by atoms with Crippen LogP contribution in [0.15, 0.2) is 18.2 Å². The SMILES string of the molecule is COc1cc(CNC(C(=O)O)C(C)C)ccc1OC(C)C. The summed E-state index contributed by atoms with van der Waals surface area (Å²) in [6, 6.07) is 5.06. The van der Waals surface area contributed by atoms with Crippen LogP contribution in [-0.2, 0) is 11.3 Å². The van der Waals surface area contributed by atoms with Crippen molar-refractivity contribution in [3.05, 3.63) is 23.8 Å². The van der Waals surface area contributed by atoms with Gasteiger partial charge in [-0.25, -0.2) is 0 Å². The molecule has 0 heterocycles. The minimum absolute atomic E-state index is 0.0212. The summed E-state index contributed by atoms with van der Waals surface area (Å²) in [5.74, 6) is 0.527. The van der Waals surface area contributed by atoms with Gasteiger partial charge in [0.05, 0.1) is 13.2 Å². The molecule has 0 radical (unpaired) electrons. The molecule has 0 aliphatic rings. The molecule has 5 nitrogen and oxygen atoms in total. The second-order valence-corrected chi connectivity index (χ2v) is 5.59. The lowest BCUT2D eigenvalue weighted by Crippen LogP contribution is -2.40. The summed E-state index contributed by atoms with van der Waals surface area (Å²) in [6.45, 7) is 8.13. The highest BCUT2D eigenvalue weighted by Gasteiger charge is 2.20. The van der Waals surface area contributed by atoms with Crippen molar-refractivity contribution in [1.29, 1.82) is 0 Å². The molecule has 0 aliphatic heterocycles. The third-order valence-corrected chi connectivity index (χ3v) is 3.05. The number of aliphatic carboxylic acids is 1. The molecule has 0 bridgehead atoms. The molecule has 0 aliphatic carbocycles. The minimum Gasteiger partial charge on any atom is -0.493 e. The first-order valence-corrected chi connectivity index (χ1v) is 7.15. The molecule has 1 aromatic rings. The van der Waals surface area contributed by atoms with Crippen LogP contribution in [-0.4, -0.2) is 30.3 Å². The van der Waals surface area contributed by atoms with Crippen LogP contribution in [0, 0.1) is 5.92 Å². The largest absolute Gasteiger partial charge is 0.493 e. The minimum atomic E-state index is -0.836. The quantitative estimate of drug-likeness (QED) is 0.772. The van der Waals surface area contributed by atoms with E-state index in [0.717, 1.165) is 5.56 Å². The van der Waals surface area contributed by atoms with Gasteiger partial charge in [-0.2, -0.15) is 0 Å². The number of ether oxygens (including phenoxy) is 2. The Hall–Kier alpha value is -1.75. The van der Waals surface area contributed by atoms with Gasteiger partial charge in [0.2, 0.25) is 0 Å². The first kappa shape index (κ1) is 17.3. The van der Waals surface area contributed by atoms with E-state index in [1.165, 1.54) is 0 Å². The highest BCUT2D eigenvalue weighted by atomic mass is 16.5. The number of hydrogen-bond donors (Lipinski definition) is 2. The molecule has 1 unspecified atom stereocenters. The van der Waals surface area contributed by atoms with Crippen LogP contribution in [0.5, 0.6) is 11.5 Å². The first-order valence-electron chi connectivity index (χ1n) is 7.15. The van der Waals surface area contributed by atoms with E-state index in [4.69, 9.17) is 14.6 Å². The van der Waals surface area contributed by atoms with E-state index >= 15 is 0 Å². The highest BCUT2D eigenvalue weighted by Crippen LogP contribution is 2.29. The monoisotopic (exact) mass is 295 g/mol. The van der Waals surface area contributed by atoms with Gasteiger partial charge in [0.15, 0.2) is 11.5 Å². The van der Waals surface area contributed by atoms with Crippen molar-refractivity contribution in [3.63, 3.8) is 0 Å². The van der Waals surface area contributed by atoms with Crippen LogP contribution in [0.3, 0.4) is 0 Å². The number of nitrogens with one attached hydrogen (secondary N) is 1. The summed E-state index contributed by atoms with van der Waals surface area (Å²) in [5, 5.41) is 12.2. The van der Waals surface area contributed by atoms with Gasteiger partial charge >= 0.3 is 5.97 Å². The number of benzene rings is 1. The second kappa shape index (κ2) is 7.88. The number of carbonyl (C=O) groups is 1. The molecule has 1 aromatic carbocycles. The van der Waals surface area contributed by atoms with Gasteiger partial charge in [-0.3, -0.25) is 4.79 Å². The van der Waals surface area contributed by atoms with E-state index in [9.17, 15) is 4.79 Å². The van der Waals surface area contributed by atoms with Gasteiger partial charge in [-0.05, 0) is 37.5 Å². The third-order valence-electron chi connectivity index (χ3n) is 3.05. The van der Waals surface area contributed by atoms with Gasteiger partial charge in [-0.1, -0.05) is 19.9 Å². The van der Waals surface area contributed by atoms with Gasteiger partial charge in [0, 0.05) is 6.54 Å². The molecule has 0 saturated carbocycles. The standard InChI is InChI=1S/C16H25NO4/c1-10(2)15(16(18)19)17-9-12-6-7-13(21-11(3)4)14(8-12)20-5/h6-8,10-11,15,17H,9H2,1-5H3,(H,18,19). The maximum absolute atomic E-state index is 11.2. The topological polar surface area (TPSA) is 67.8 Å². The molecule has 1 rings (SSSR count). The van der Waals surface area contributed by atoms with Crippen LogP contribution >= 0.6 is 0 Å². The van der Waals surface area contributed by atoms with Crippen LogP contribution in [0.4, 0.5) is 0 Å². The van der Waals surface area contributed by atoms with Crippen LogP contribution in [0.25, 0.3) is 0 Å². The van der Waals surface area contributed by atoms with Crippen LogP contribution in [0.2, 0.25) is 0 Å². The van der Waals surface area contributed by atoms with Crippen LogP contribution < -0.4 is 14.8 Å². The number of carboxylic acid groups (broad SMARTS) is 1. The predicted molar refractivity (Wildman–Crippen MR) is 81.9 cm³/mol. The smallest absolute Gasteiger partial charge is 0.320 e. The Labute approximate surface area is 126 Å². The fraction of sp³-hybridized carbons (Fsp3) is 0.562. The summed E-state index contributed by atoms with van der Waals surface area (Å²) < 4.78 is 11.0. The molecule has 0 amide bonds. The van der Waals surface area contributed by atoms with Crippen molar-refractivity contribution in [2.45, 2.75) is 46.4 Å². The van der Waals surface area contributed by atoms with Crippen molar-refractivity contribution < 1.29 is 19.4 Å². The van der Waals surface area contributed by atoms with Gasteiger partial charge in [0.1, 0.15) is 6.04 Å². The Kier molecular flexibility index (Phi) is 6.49. The molecule has 5 heteroatoms. The molecule has 0 saturated heterocycles. The fourth-order valence-corrected chi connectivity index (χ4v) is 2.01. The normalized spacial score (nSPS) is 12.5. The summed E-state index contributed by atoms with van der Waals surface area (Å²) in [4.78, 5) is 11.2. The van der Waals surface area contributed by atoms with E-state index in [1.54, 1.807) is 7.11 Å². The Morgan fingerprint density at radius 3 is 2.38 bits per heavy atom.